The number of carbonyl (C=O) groups is 1. The minimum atomic E-state index is -0.265. The van der Waals surface area contributed by atoms with Gasteiger partial charge in [-0.1, -0.05) is 0 Å². The van der Waals surface area contributed by atoms with Gasteiger partial charge in [-0.15, -0.1) is 11.3 Å². The zero-order chi connectivity index (χ0) is 21.7. The van der Waals surface area contributed by atoms with E-state index >= 15 is 0 Å². The van der Waals surface area contributed by atoms with E-state index in [1.165, 1.54) is 10.4 Å². The van der Waals surface area contributed by atoms with E-state index in [2.05, 4.69) is 31.5 Å². The van der Waals surface area contributed by atoms with Gasteiger partial charge in [-0.25, -0.2) is 9.97 Å². The number of aliphatic hydroxyl groups excluding tert-OH is 1. The number of rotatable bonds is 3. The van der Waals surface area contributed by atoms with E-state index < -0.39 is 0 Å². The molecule has 1 aliphatic heterocycles. The quantitative estimate of drug-likeness (QED) is 0.443. The van der Waals surface area contributed by atoms with Crippen molar-refractivity contribution in [1.29, 1.82) is 0 Å². The molecule has 9 heteroatoms. The first-order valence-corrected chi connectivity index (χ1v) is 11.9. The van der Waals surface area contributed by atoms with Crippen LogP contribution in [0.15, 0.2) is 30.7 Å². The number of thiophene rings is 1. The van der Waals surface area contributed by atoms with Crippen molar-refractivity contribution < 1.29 is 9.90 Å². The highest BCUT2D eigenvalue weighted by Crippen LogP contribution is 2.41. The summed E-state index contributed by atoms with van der Waals surface area (Å²) in [7, 11) is 0. The maximum atomic E-state index is 13.1. The van der Waals surface area contributed by atoms with Crippen LogP contribution in [0.4, 0.5) is 11.5 Å². The third-order valence-electron chi connectivity index (χ3n) is 6.67. The van der Waals surface area contributed by atoms with Crippen LogP contribution in [0, 0.1) is 5.92 Å². The van der Waals surface area contributed by atoms with Crippen molar-refractivity contribution >= 4 is 49.9 Å². The molecule has 0 unspecified atom stereocenters. The summed E-state index contributed by atoms with van der Waals surface area (Å²) in [6, 6.07) is 6.06. The van der Waals surface area contributed by atoms with E-state index in [-0.39, 0.29) is 17.9 Å². The maximum Gasteiger partial charge on any atom is 0.226 e. The summed E-state index contributed by atoms with van der Waals surface area (Å²) < 4.78 is 0. The summed E-state index contributed by atoms with van der Waals surface area (Å²) in [5.41, 5.74) is 3.22. The van der Waals surface area contributed by atoms with Gasteiger partial charge >= 0.3 is 0 Å². The zero-order valence-corrected chi connectivity index (χ0v) is 18.4. The molecule has 0 radical (unpaired) electrons. The normalized spacial score (nSPS) is 19.4. The molecule has 1 aliphatic carbocycles. The van der Waals surface area contributed by atoms with E-state index in [0.717, 1.165) is 51.9 Å². The van der Waals surface area contributed by atoms with Crippen molar-refractivity contribution in [1.82, 2.24) is 25.1 Å². The van der Waals surface area contributed by atoms with Crippen molar-refractivity contribution in [2.75, 3.05) is 18.4 Å². The highest BCUT2D eigenvalue weighted by Gasteiger charge is 2.32. The number of aromatic nitrogens is 4. The zero-order valence-electron chi connectivity index (χ0n) is 17.5. The molecule has 164 valence electrons. The third-order valence-corrected chi connectivity index (χ3v) is 7.84. The Balaban J connectivity index is 1.27. The smallest absolute Gasteiger partial charge is 0.226 e. The van der Waals surface area contributed by atoms with Crippen molar-refractivity contribution in [3.8, 4) is 0 Å². The number of piperidine rings is 1. The van der Waals surface area contributed by atoms with Gasteiger partial charge in [0, 0.05) is 35.0 Å². The van der Waals surface area contributed by atoms with Crippen LogP contribution in [0.5, 0.6) is 0 Å². The van der Waals surface area contributed by atoms with Gasteiger partial charge in [-0.2, -0.15) is 5.10 Å². The maximum absolute atomic E-state index is 13.1. The summed E-state index contributed by atoms with van der Waals surface area (Å²) in [4.78, 5) is 26.3. The second-order valence-corrected chi connectivity index (χ2v) is 9.78. The first kappa shape index (κ1) is 19.6. The molecule has 1 atom stereocenters. The lowest BCUT2D eigenvalue weighted by atomic mass is 9.86. The number of benzene rings is 1. The molecule has 1 saturated heterocycles. The largest absolute Gasteiger partial charge is 0.393 e. The lowest BCUT2D eigenvalue weighted by Crippen LogP contribution is -2.44. The molecule has 3 aromatic heterocycles. The second kappa shape index (κ2) is 7.83. The average molecular weight is 449 g/mol. The number of carbonyl (C=O) groups excluding carboxylic acids is 1. The monoisotopic (exact) mass is 448 g/mol. The van der Waals surface area contributed by atoms with Gasteiger partial charge < -0.3 is 15.3 Å². The molecule has 6 rings (SSSR count). The Bertz CT molecular complexity index is 1310. The van der Waals surface area contributed by atoms with Crippen LogP contribution in [0.1, 0.15) is 29.7 Å². The third kappa shape index (κ3) is 3.41. The Labute approximate surface area is 188 Å². The van der Waals surface area contributed by atoms with Gasteiger partial charge in [-0.05, 0) is 55.9 Å². The molecule has 4 aromatic rings. The van der Waals surface area contributed by atoms with Crippen LogP contribution in [0.25, 0.3) is 21.1 Å². The number of H-pyrrole nitrogens is 1. The molecule has 1 fully saturated rings. The van der Waals surface area contributed by atoms with Gasteiger partial charge in [0.05, 0.1) is 23.2 Å². The average Bonchev–Trinajstić information content (AvgIpc) is 3.43. The van der Waals surface area contributed by atoms with Crippen molar-refractivity contribution in [2.45, 2.75) is 38.2 Å². The molecule has 2 aliphatic rings. The van der Waals surface area contributed by atoms with Crippen LogP contribution in [0.3, 0.4) is 0 Å². The Morgan fingerprint density at radius 1 is 1.22 bits per heavy atom. The highest BCUT2D eigenvalue weighted by atomic mass is 32.1. The molecular formula is C23H24N6O2S. The van der Waals surface area contributed by atoms with E-state index in [9.17, 15) is 9.90 Å². The second-order valence-electron chi connectivity index (χ2n) is 8.70. The summed E-state index contributed by atoms with van der Waals surface area (Å²) in [6.45, 7) is 1.33. The van der Waals surface area contributed by atoms with Gasteiger partial charge in [0.2, 0.25) is 5.91 Å². The Kier molecular flexibility index (Phi) is 4.80. The molecule has 0 bridgehead atoms. The van der Waals surface area contributed by atoms with Crippen molar-refractivity contribution in [2.24, 2.45) is 5.92 Å². The highest BCUT2D eigenvalue weighted by molar-refractivity contribution is 7.19. The molecule has 4 heterocycles. The van der Waals surface area contributed by atoms with E-state index in [0.29, 0.717) is 25.9 Å². The molecule has 1 aromatic carbocycles. The molecule has 3 N–H and O–H groups in total. The SMILES string of the molecule is O=C([C@H]1CCc2c(sc3ncnc(Nc4ccc5[nH]ncc5c4)c23)C1)N1CCC(O)CC1. The predicted octanol–water partition coefficient (Wildman–Crippen LogP) is 3.40. The minimum Gasteiger partial charge on any atom is -0.393 e. The number of likely N-dealkylation sites (tertiary alicyclic amines) is 1. The summed E-state index contributed by atoms with van der Waals surface area (Å²) in [5, 5.41) is 22.4. The number of amides is 1. The van der Waals surface area contributed by atoms with Crippen LogP contribution in [0.2, 0.25) is 0 Å². The predicted molar refractivity (Wildman–Crippen MR) is 124 cm³/mol. The van der Waals surface area contributed by atoms with Crippen LogP contribution in [-0.2, 0) is 17.6 Å². The molecule has 1 amide bonds. The first-order chi connectivity index (χ1) is 15.7. The van der Waals surface area contributed by atoms with Gasteiger partial charge in [0.15, 0.2) is 0 Å². The molecule has 8 nitrogen and oxygen atoms in total. The number of fused-ring (bicyclic) bond motifs is 4. The topological polar surface area (TPSA) is 107 Å². The number of aryl methyl sites for hydroxylation is 1. The Hall–Kier alpha value is -3.04. The first-order valence-electron chi connectivity index (χ1n) is 11.1. The van der Waals surface area contributed by atoms with Crippen molar-refractivity contribution in [3.63, 3.8) is 0 Å². The molecule has 0 spiro atoms. The Morgan fingerprint density at radius 2 is 2.09 bits per heavy atom. The summed E-state index contributed by atoms with van der Waals surface area (Å²) >= 11 is 1.68. The summed E-state index contributed by atoms with van der Waals surface area (Å²) in [5.74, 6) is 1.06. The molecular weight excluding hydrogens is 424 g/mol. The number of aromatic amines is 1. The van der Waals surface area contributed by atoms with Crippen LogP contribution in [-0.4, -0.2) is 55.3 Å². The van der Waals surface area contributed by atoms with E-state index in [1.54, 1.807) is 17.7 Å². The fourth-order valence-electron chi connectivity index (χ4n) is 4.92. The molecule has 0 saturated carbocycles. The molecule has 32 heavy (non-hydrogen) atoms. The standard InChI is InChI=1S/C23H24N6O2S/c30-16-5-7-29(8-6-16)23(31)13-1-3-17-19(10-13)32-22-20(17)21(24-12-25-22)27-15-2-4-18-14(9-15)11-26-28-18/h2,4,9,11-13,16,30H,1,3,5-8,10H2,(H,26,28)(H,24,25,27)/t13-/m0/s1. The fourth-order valence-corrected chi connectivity index (χ4v) is 6.18. The van der Waals surface area contributed by atoms with E-state index in [1.807, 2.05) is 23.2 Å². The number of nitrogens with one attached hydrogen (secondary N) is 2. The number of hydrogen-bond donors (Lipinski definition) is 3. The minimum absolute atomic E-state index is 0.0127. The van der Waals surface area contributed by atoms with Crippen molar-refractivity contribution in [3.05, 3.63) is 41.2 Å². The summed E-state index contributed by atoms with van der Waals surface area (Å²) in [6.07, 6.45) is 6.96. The number of aliphatic hydroxyl groups is 1. The number of anilines is 2. The van der Waals surface area contributed by atoms with Gasteiger partial charge in [0.25, 0.3) is 0 Å². The lowest BCUT2D eigenvalue weighted by molar-refractivity contribution is -0.137. The lowest BCUT2D eigenvalue weighted by Gasteiger charge is -2.33. The van der Waals surface area contributed by atoms with Gasteiger partial charge in [0.1, 0.15) is 17.0 Å². The number of nitrogens with zero attached hydrogens (tertiary/aromatic N) is 4. The van der Waals surface area contributed by atoms with Crippen LogP contribution < -0.4 is 5.32 Å². The fraction of sp³-hybridized carbons (Fsp3) is 0.391. The van der Waals surface area contributed by atoms with Crippen LogP contribution >= 0.6 is 11.3 Å². The van der Waals surface area contributed by atoms with E-state index in [4.69, 9.17) is 0 Å². The van der Waals surface area contributed by atoms with Gasteiger partial charge in [-0.3, -0.25) is 9.89 Å². The number of hydrogen-bond acceptors (Lipinski definition) is 7. The Morgan fingerprint density at radius 3 is 2.97 bits per heavy atom.